The molecule has 1 fully saturated rings. The number of nitrogens with zero attached hydrogens (tertiary/aromatic N) is 1. The summed E-state index contributed by atoms with van der Waals surface area (Å²) >= 11 is 11.3. The Labute approximate surface area is 198 Å². The predicted molar refractivity (Wildman–Crippen MR) is 134 cm³/mol. The van der Waals surface area contributed by atoms with Crippen molar-refractivity contribution in [1.82, 2.24) is 5.32 Å². The number of halogens is 1. The molecular weight excluding hydrogens is 440 g/mol. The minimum Gasteiger partial charge on any atom is -0.298 e. The van der Waals surface area contributed by atoms with Crippen LogP contribution in [0, 0.1) is 13.8 Å². The van der Waals surface area contributed by atoms with Gasteiger partial charge in [-0.15, -0.1) is 0 Å². The Morgan fingerprint density at radius 3 is 2.34 bits per heavy atom. The van der Waals surface area contributed by atoms with E-state index in [4.69, 9.17) is 23.8 Å². The van der Waals surface area contributed by atoms with Gasteiger partial charge >= 0.3 is 0 Å². The van der Waals surface area contributed by atoms with Crippen molar-refractivity contribution in [3.05, 3.63) is 81.4 Å². The van der Waals surface area contributed by atoms with Crippen LogP contribution in [0.25, 0.3) is 17.2 Å². The van der Waals surface area contributed by atoms with Crippen molar-refractivity contribution in [2.75, 3.05) is 4.90 Å². The molecule has 0 bridgehead atoms. The Hall–Kier alpha value is -3.02. The third-order valence-electron chi connectivity index (χ3n) is 5.74. The quantitative estimate of drug-likeness (QED) is 0.294. The normalized spacial score (nSPS) is 15.8. The van der Waals surface area contributed by atoms with E-state index in [1.165, 1.54) is 10.5 Å². The molecule has 0 unspecified atom stereocenters. The fourth-order valence-corrected chi connectivity index (χ4v) is 4.40. The smallest absolute Gasteiger partial charge is 0.270 e. The molecule has 1 aromatic carbocycles. The van der Waals surface area contributed by atoms with Gasteiger partial charge in [0.2, 0.25) is 0 Å². The molecule has 0 saturated carbocycles. The number of anilines is 1. The van der Waals surface area contributed by atoms with Crippen LogP contribution in [0.15, 0.2) is 54.1 Å². The van der Waals surface area contributed by atoms with Crippen molar-refractivity contribution >= 4 is 52.5 Å². The molecule has 3 aliphatic rings. The molecule has 1 aromatic rings. The van der Waals surface area contributed by atoms with Gasteiger partial charge < -0.3 is 0 Å². The van der Waals surface area contributed by atoms with Crippen LogP contribution in [0.2, 0.25) is 5.02 Å². The lowest BCUT2D eigenvalue weighted by molar-refractivity contribution is -0.122. The number of rotatable bonds is 3. The van der Waals surface area contributed by atoms with Crippen LogP contribution in [0.3, 0.4) is 0 Å². The Kier molecular flexibility index (Phi) is 5.89. The zero-order chi connectivity index (χ0) is 23.2. The van der Waals surface area contributed by atoms with Crippen LogP contribution in [-0.4, -0.2) is 16.9 Å². The minimum atomic E-state index is -0.502. The molecule has 6 heteroatoms. The van der Waals surface area contributed by atoms with Gasteiger partial charge in [-0.05, 0) is 95.7 Å². The fraction of sp³-hybridized carbons (Fsp3) is 0.192. The second kappa shape index (κ2) is 8.49. The lowest BCUT2D eigenvalue weighted by Crippen LogP contribution is -2.54. The number of amides is 2. The van der Waals surface area contributed by atoms with Crippen LogP contribution in [0.1, 0.15) is 42.0 Å². The molecule has 2 amide bonds. The van der Waals surface area contributed by atoms with Gasteiger partial charge in [0, 0.05) is 5.02 Å². The van der Waals surface area contributed by atoms with Gasteiger partial charge in [0.05, 0.1) is 5.69 Å². The Bertz CT molecular complexity index is 1260. The zero-order valence-corrected chi connectivity index (χ0v) is 19.9. The van der Waals surface area contributed by atoms with Gasteiger partial charge in [-0.1, -0.05) is 49.7 Å². The van der Waals surface area contributed by atoms with E-state index in [1.807, 2.05) is 19.9 Å². The number of fused-ring (bicyclic) bond motifs is 1. The number of aryl methyl sites for hydroxylation is 2. The van der Waals surface area contributed by atoms with Crippen molar-refractivity contribution in [2.24, 2.45) is 0 Å². The molecule has 2 aliphatic carbocycles. The van der Waals surface area contributed by atoms with E-state index in [0.717, 1.165) is 27.8 Å². The second-order valence-corrected chi connectivity index (χ2v) is 9.14. The van der Waals surface area contributed by atoms with Gasteiger partial charge in [-0.25, -0.2) is 0 Å². The first-order valence-corrected chi connectivity index (χ1v) is 11.2. The van der Waals surface area contributed by atoms with Gasteiger partial charge in [0.1, 0.15) is 5.57 Å². The molecule has 1 heterocycles. The SMILES string of the molecule is Cc1cc(/C=C2\C(=O)NC(=S)N(c3ccc(Cl)cc3)C2=O)c2c(C)ccc(C(C)C)cc1-2. The molecule has 162 valence electrons. The summed E-state index contributed by atoms with van der Waals surface area (Å²) < 4.78 is 0. The average Bonchev–Trinajstić information content (AvgIpc) is 2.91. The molecule has 0 radical (unpaired) electrons. The topological polar surface area (TPSA) is 49.4 Å². The largest absolute Gasteiger partial charge is 0.298 e. The first kappa shape index (κ1) is 22.2. The molecule has 1 saturated heterocycles. The number of carbonyl (C=O) groups excluding carboxylic acids is 2. The molecule has 0 spiro atoms. The fourth-order valence-electron chi connectivity index (χ4n) is 3.99. The first-order chi connectivity index (χ1) is 15.2. The highest BCUT2D eigenvalue weighted by molar-refractivity contribution is 7.80. The lowest BCUT2D eigenvalue weighted by Gasteiger charge is -2.29. The average molecular weight is 463 g/mol. The summed E-state index contributed by atoms with van der Waals surface area (Å²) in [6, 6.07) is 15.2. The highest BCUT2D eigenvalue weighted by Gasteiger charge is 2.35. The highest BCUT2D eigenvalue weighted by Crippen LogP contribution is 2.37. The van der Waals surface area contributed by atoms with Gasteiger partial charge in [0.15, 0.2) is 5.11 Å². The molecule has 0 atom stereocenters. The monoisotopic (exact) mass is 462 g/mol. The maximum atomic E-state index is 13.3. The predicted octanol–water partition coefficient (Wildman–Crippen LogP) is 6.02. The Morgan fingerprint density at radius 1 is 1.00 bits per heavy atom. The van der Waals surface area contributed by atoms with Crippen LogP contribution < -0.4 is 10.2 Å². The van der Waals surface area contributed by atoms with E-state index >= 15 is 0 Å². The van der Waals surface area contributed by atoms with E-state index in [1.54, 1.807) is 30.3 Å². The molecule has 1 aliphatic heterocycles. The summed E-state index contributed by atoms with van der Waals surface area (Å²) in [6.07, 6.45) is 1.67. The van der Waals surface area contributed by atoms with Gasteiger partial charge in [0.25, 0.3) is 11.8 Å². The number of benzene rings is 1. The summed E-state index contributed by atoms with van der Waals surface area (Å²) in [4.78, 5) is 27.4. The first-order valence-electron chi connectivity index (χ1n) is 10.4. The minimum absolute atomic E-state index is 0.0374. The number of hydrogen-bond donors (Lipinski definition) is 1. The molecular formula is C26H23ClN2O2S. The summed E-state index contributed by atoms with van der Waals surface area (Å²) in [5.41, 5.74) is 7.00. The van der Waals surface area contributed by atoms with E-state index < -0.39 is 11.8 Å². The maximum Gasteiger partial charge on any atom is 0.270 e. The van der Waals surface area contributed by atoms with Crippen LogP contribution in [-0.2, 0) is 9.59 Å². The van der Waals surface area contributed by atoms with E-state index in [0.29, 0.717) is 16.6 Å². The van der Waals surface area contributed by atoms with Crippen LogP contribution >= 0.6 is 23.8 Å². The third-order valence-corrected chi connectivity index (χ3v) is 6.28. The zero-order valence-electron chi connectivity index (χ0n) is 18.3. The number of carbonyl (C=O) groups is 2. The van der Waals surface area contributed by atoms with Crippen molar-refractivity contribution in [3.63, 3.8) is 0 Å². The van der Waals surface area contributed by atoms with Gasteiger partial charge in [-0.2, -0.15) is 0 Å². The molecule has 0 aromatic heterocycles. The van der Waals surface area contributed by atoms with E-state index in [-0.39, 0.29) is 10.7 Å². The molecule has 1 N–H and O–H groups in total. The van der Waals surface area contributed by atoms with Crippen LogP contribution in [0.4, 0.5) is 5.69 Å². The number of nitrogens with one attached hydrogen (secondary N) is 1. The molecule has 32 heavy (non-hydrogen) atoms. The van der Waals surface area contributed by atoms with E-state index in [2.05, 4.69) is 37.4 Å². The number of hydrogen-bond acceptors (Lipinski definition) is 3. The van der Waals surface area contributed by atoms with E-state index in [9.17, 15) is 9.59 Å². The van der Waals surface area contributed by atoms with Crippen LogP contribution in [0.5, 0.6) is 0 Å². The lowest BCUT2D eigenvalue weighted by atomic mass is 9.99. The third kappa shape index (κ3) is 3.94. The van der Waals surface area contributed by atoms with Crippen molar-refractivity contribution in [3.8, 4) is 11.1 Å². The maximum absolute atomic E-state index is 13.3. The van der Waals surface area contributed by atoms with Crippen molar-refractivity contribution < 1.29 is 9.59 Å². The highest BCUT2D eigenvalue weighted by atomic mass is 35.5. The van der Waals surface area contributed by atoms with Crippen molar-refractivity contribution in [2.45, 2.75) is 33.6 Å². The van der Waals surface area contributed by atoms with Crippen molar-refractivity contribution in [1.29, 1.82) is 0 Å². The standard InChI is InChI=1S/C26H23ClN2O2S/c1-14(2)17-6-5-15(3)23-18(11-16(4)21(23)12-17)13-22-24(30)28-26(32)29(25(22)31)20-9-7-19(27)8-10-20/h5-14H,1-4H3,(H,28,30,32)/b22-13+. The van der Waals surface area contributed by atoms with Gasteiger partial charge in [-0.3, -0.25) is 19.8 Å². The molecule has 4 rings (SSSR count). The summed E-state index contributed by atoms with van der Waals surface area (Å²) in [5.74, 6) is -0.576. The number of thiocarbonyl (C=S) groups is 1. The summed E-state index contributed by atoms with van der Waals surface area (Å²) in [7, 11) is 0. The molecule has 4 nitrogen and oxygen atoms in total. The summed E-state index contributed by atoms with van der Waals surface area (Å²) in [6.45, 7) is 8.42. The Morgan fingerprint density at radius 2 is 1.69 bits per heavy atom. The second-order valence-electron chi connectivity index (χ2n) is 8.32. The Balaban J connectivity index is 1.82. The summed E-state index contributed by atoms with van der Waals surface area (Å²) in [5, 5.41) is 3.24.